The van der Waals surface area contributed by atoms with Crippen LogP contribution in [0.5, 0.6) is 0 Å². The first-order valence-electron chi connectivity index (χ1n) is 9.60. The lowest BCUT2D eigenvalue weighted by Crippen LogP contribution is -2.36. The largest absolute Gasteiger partial charge is 0.378 e. The van der Waals surface area contributed by atoms with Gasteiger partial charge in [0.05, 0.1) is 52.3 Å². The van der Waals surface area contributed by atoms with Crippen LogP contribution >= 0.6 is 11.3 Å². The molecule has 5 rings (SSSR count). The number of thiophene rings is 1. The number of hydrogen-bond donors (Lipinski definition) is 1. The standard InChI is InChI=1S/C21H19N5O3S/c1-13-19-15(11-16(17-3-2-10-30-17)24-21(19)29-25-13)20(27)23-14-4-5-18(22-12-14)26-6-8-28-9-7-26/h2-5,10-12H,6-9H2,1H3,(H,23,27). The fourth-order valence-electron chi connectivity index (χ4n) is 3.46. The number of pyridine rings is 2. The summed E-state index contributed by atoms with van der Waals surface area (Å²) in [5, 5.41) is 9.50. The van der Waals surface area contributed by atoms with Gasteiger partial charge >= 0.3 is 0 Å². The molecule has 0 saturated carbocycles. The first-order chi connectivity index (χ1) is 14.7. The van der Waals surface area contributed by atoms with Crippen LogP contribution in [0.4, 0.5) is 11.5 Å². The third-order valence-corrected chi connectivity index (χ3v) is 5.87. The summed E-state index contributed by atoms with van der Waals surface area (Å²) in [7, 11) is 0. The lowest BCUT2D eigenvalue weighted by atomic mass is 10.1. The summed E-state index contributed by atoms with van der Waals surface area (Å²) in [6, 6.07) is 9.44. The average Bonchev–Trinajstić information content (AvgIpc) is 3.45. The summed E-state index contributed by atoms with van der Waals surface area (Å²) in [5.41, 5.74) is 2.75. The smallest absolute Gasteiger partial charge is 0.259 e. The van der Waals surface area contributed by atoms with Crippen LogP contribution in [0.2, 0.25) is 0 Å². The third kappa shape index (κ3) is 3.53. The summed E-state index contributed by atoms with van der Waals surface area (Å²) >= 11 is 1.55. The SMILES string of the molecule is Cc1noc2nc(-c3cccs3)cc(C(=O)Nc3ccc(N4CCOCC4)nc3)c12. The lowest BCUT2D eigenvalue weighted by Gasteiger charge is -2.27. The van der Waals surface area contributed by atoms with E-state index in [0.29, 0.717) is 47.0 Å². The number of fused-ring (bicyclic) bond motifs is 1. The number of amides is 1. The van der Waals surface area contributed by atoms with Gasteiger partial charge in [0, 0.05) is 13.1 Å². The van der Waals surface area contributed by atoms with Crippen LogP contribution < -0.4 is 10.2 Å². The van der Waals surface area contributed by atoms with Crippen molar-refractivity contribution < 1.29 is 14.1 Å². The second-order valence-corrected chi connectivity index (χ2v) is 7.89. The predicted molar refractivity (Wildman–Crippen MR) is 115 cm³/mol. The van der Waals surface area contributed by atoms with Crippen molar-refractivity contribution in [2.75, 3.05) is 36.5 Å². The van der Waals surface area contributed by atoms with E-state index in [9.17, 15) is 4.79 Å². The van der Waals surface area contributed by atoms with Gasteiger partial charge in [-0.25, -0.2) is 9.97 Å². The first-order valence-corrected chi connectivity index (χ1v) is 10.5. The van der Waals surface area contributed by atoms with E-state index in [1.165, 1.54) is 0 Å². The van der Waals surface area contributed by atoms with E-state index in [1.807, 2.05) is 29.6 Å². The Kier molecular flexibility index (Phi) is 4.89. The van der Waals surface area contributed by atoms with Crippen molar-refractivity contribution >= 4 is 39.8 Å². The zero-order valence-electron chi connectivity index (χ0n) is 16.3. The molecule has 1 fully saturated rings. The second kappa shape index (κ2) is 7.85. The van der Waals surface area contributed by atoms with E-state index in [1.54, 1.807) is 30.5 Å². The summed E-state index contributed by atoms with van der Waals surface area (Å²) in [6.07, 6.45) is 1.67. The highest BCUT2D eigenvalue weighted by molar-refractivity contribution is 7.13. The Labute approximate surface area is 176 Å². The van der Waals surface area contributed by atoms with E-state index >= 15 is 0 Å². The molecule has 0 atom stereocenters. The molecule has 0 radical (unpaired) electrons. The molecule has 0 unspecified atom stereocenters. The van der Waals surface area contributed by atoms with Gasteiger partial charge in [0.2, 0.25) is 0 Å². The van der Waals surface area contributed by atoms with Crippen molar-refractivity contribution in [3.05, 3.63) is 53.2 Å². The van der Waals surface area contributed by atoms with Crippen LogP contribution in [0.1, 0.15) is 16.1 Å². The van der Waals surface area contributed by atoms with Crippen LogP contribution in [0, 0.1) is 6.92 Å². The van der Waals surface area contributed by atoms with Crippen molar-refractivity contribution in [2.24, 2.45) is 0 Å². The number of anilines is 2. The van der Waals surface area contributed by atoms with Crippen LogP contribution in [0.3, 0.4) is 0 Å². The van der Waals surface area contributed by atoms with Gasteiger partial charge in [0.25, 0.3) is 11.6 Å². The van der Waals surface area contributed by atoms with Crippen molar-refractivity contribution in [3.63, 3.8) is 0 Å². The quantitative estimate of drug-likeness (QED) is 0.536. The minimum atomic E-state index is -0.257. The van der Waals surface area contributed by atoms with E-state index < -0.39 is 0 Å². The maximum Gasteiger partial charge on any atom is 0.259 e. The Morgan fingerprint density at radius 3 is 2.83 bits per heavy atom. The first kappa shape index (κ1) is 18.7. The van der Waals surface area contributed by atoms with Crippen molar-refractivity contribution in [3.8, 4) is 10.6 Å². The molecule has 0 aromatic carbocycles. The number of rotatable bonds is 4. The van der Waals surface area contributed by atoms with Gasteiger partial charge < -0.3 is 19.5 Å². The third-order valence-electron chi connectivity index (χ3n) is 4.98. The fourth-order valence-corrected chi connectivity index (χ4v) is 4.15. The molecule has 4 aromatic heterocycles. The summed E-state index contributed by atoms with van der Waals surface area (Å²) < 4.78 is 10.7. The molecule has 1 saturated heterocycles. The van der Waals surface area contributed by atoms with Gasteiger partial charge in [-0.3, -0.25) is 4.79 Å². The predicted octanol–water partition coefficient (Wildman–Crippen LogP) is 3.74. The number of aromatic nitrogens is 3. The maximum atomic E-state index is 13.1. The fraction of sp³-hybridized carbons (Fsp3) is 0.238. The highest BCUT2D eigenvalue weighted by Gasteiger charge is 2.20. The summed E-state index contributed by atoms with van der Waals surface area (Å²) in [4.78, 5) is 25.3. The van der Waals surface area contributed by atoms with Gasteiger partial charge in [0.15, 0.2) is 0 Å². The lowest BCUT2D eigenvalue weighted by molar-refractivity contribution is 0.102. The zero-order valence-corrected chi connectivity index (χ0v) is 17.1. The molecular weight excluding hydrogens is 402 g/mol. The molecule has 30 heavy (non-hydrogen) atoms. The van der Waals surface area contributed by atoms with Gasteiger partial charge in [-0.15, -0.1) is 11.3 Å². The minimum Gasteiger partial charge on any atom is -0.378 e. The van der Waals surface area contributed by atoms with Crippen LogP contribution in [-0.4, -0.2) is 47.3 Å². The number of carbonyl (C=O) groups is 1. The summed E-state index contributed by atoms with van der Waals surface area (Å²) in [5.74, 6) is 0.616. The molecule has 9 heteroatoms. The number of hydrogen-bond acceptors (Lipinski definition) is 8. The normalized spacial score (nSPS) is 14.2. The minimum absolute atomic E-state index is 0.257. The molecule has 1 N–H and O–H groups in total. The van der Waals surface area contributed by atoms with E-state index in [2.05, 4.69) is 25.3 Å². The van der Waals surface area contributed by atoms with E-state index in [0.717, 1.165) is 23.8 Å². The Balaban J connectivity index is 1.43. The van der Waals surface area contributed by atoms with Gasteiger partial charge in [0.1, 0.15) is 5.82 Å². The number of ether oxygens (including phenoxy) is 1. The van der Waals surface area contributed by atoms with Crippen LogP contribution in [0.15, 0.2) is 46.4 Å². The molecule has 0 aliphatic carbocycles. The molecule has 8 nitrogen and oxygen atoms in total. The molecule has 0 spiro atoms. The molecule has 152 valence electrons. The number of nitrogens with one attached hydrogen (secondary N) is 1. The van der Waals surface area contributed by atoms with Crippen molar-refractivity contribution in [1.29, 1.82) is 0 Å². The summed E-state index contributed by atoms with van der Waals surface area (Å²) in [6.45, 7) is 4.82. The van der Waals surface area contributed by atoms with E-state index in [4.69, 9.17) is 9.26 Å². The Hall–Kier alpha value is -3.30. The maximum absolute atomic E-state index is 13.1. The van der Waals surface area contributed by atoms with Crippen LogP contribution in [0.25, 0.3) is 21.7 Å². The topological polar surface area (TPSA) is 93.4 Å². The van der Waals surface area contributed by atoms with Crippen molar-refractivity contribution in [1.82, 2.24) is 15.1 Å². The molecule has 1 aliphatic rings. The molecule has 1 amide bonds. The number of carbonyl (C=O) groups excluding carboxylic acids is 1. The van der Waals surface area contributed by atoms with Gasteiger partial charge in [-0.05, 0) is 36.6 Å². The van der Waals surface area contributed by atoms with Crippen molar-refractivity contribution in [2.45, 2.75) is 6.92 Å². The Morgan fingerprint density at radius 2 is 2.10 bits per heavy atom. The molecule has 0 bridgehead atoms. The molecular formula is C21H19N5O3S. The highest BCUT2D eigenvalue weighted by Crippen LogP contribution is 2.30. The monoisotopic (exact) mass is 421 g/mol. The Morgan fingerprint density at radius 1 is 1.23 bits per heavy atom. The number of aryl methyl sites for hydroxylation is 1. The second-order valence-electron chi connectivity index (χ2n) is 6.94. The van der Waals surface area contributed by atoms with Gasteiger partial charge in [-0.2, -0.15) is 0 Å². The molecule has 1 aliphatic heterocycles. The number of morpholine rings is 1. The number of nitrogens with zero attached hydrogens (tertiary/aromatic N) is 4. The Bertz CT molecular complexity index is 1180. The molecule has 5 heterocycles. The van der Waals surface area contributed by atoms with E-state index in [-0.39, 0.29) is 5.91 Å². The van der Waals surface area contributed by atoms with Crippen LogP contribution in [-0.2, 0) is 4.74 Å². The zero-order chi connectivity index (χ0) is 20.5. The molecule has 4 aromatic rings. The highest BCUT2D eigenvalue weighted by atomic mass is 32.1. The van der Waals surface area contributed by atoms with Gasteiger partial charge in [-0.1, -0.05) is 11.2 Å². The average molecular weight is 421 g/mol.